The number of anilines is 1. The van der Waals surface area contributed by atoms with E-state index in [1.54, 1.807) is 25.1 Å². The molecule has 0 bridgehead atoms. The second-order valence-electron chi connectivity index (χ2n) is 3.15. The van der Waals surface area contributed by atoms with E-state index < -0.39 is 0 Å². The average Bonchev–Trinajstić information content (AvgIpc) is 2.30. The number of hydrogen-bond donors (Lipinski definition) is 1. The molecule has 0 spiro atoms. The smallest absolute Gasteiger partial charge is 0.235 e. The number of Topliss-reactive ketones (excluding diaryl/α,β-unsaturated/α-hetero) is 1. The molecule has 86 valence electrons. The molecule has 1 rings (SSSR count). The van der Waals surface area contributed by atoms with Gasteiger partial charge >= 0.3 is 0 Å². The Morgan fingerprint density at radius 2 is 2.12 bits per heavy atom. The van der Waals surface area contributed by atoms with Crippen LogP contribution in [0.1, 0.15) is 23.7 Å². The summed E-state index contributed by atoms with van der Waals surface area (Å²) in [5, 5.41) is 3.31. The second-order valence-corrected chi connectivity index (χ2v) is 4.15. The Balaban J connectivity index is 3.07. The van der Waals surface area contributed by atoms with Gasteiger partial charge in [0.15, 0.2) is 5.78 Å². The third-order valence-corrected chi connectivity index (χ3v) is 2.74. The first-order valence-corrected chi connectivity index (χ1v) is 6.27. The van der Waals surface area contributed by atoms with Gasteiger partial charge in [0.05, 0.1) is 11.0 Å². The van der Waals surface area contributed by atoms with Crippen LogP contribution >= 0.6 is 27.5 Å². The SMILES string of the molecule is CCC(=O)c1cc(Cl)ccc1NC(=O)CBr. The predicted octanol–water partition coefficient (Wildman–Crippen LogP) is 3.27. The highest BCUT2D eigenvalue weighted by Crippen LogP contribution is 2.22. The van der Waals surface area contributed by atoms with Gasteiger partial charge in [-0.15, -0.1) is 0 Å². The second kappa shape index (κ2) is 6.01. The molecule has 1 aromatic rings. The summed E-state index contributed by atoms with van der Waals surface area (Å²) in [6.07, 6.45) is 0.373. The van der Waals surface area contributed by atoms with Crippen molar-refractivity contribution < 1.29 is 9.59 Å². The van der Waals surface area contributed by atoms with Gasteiger partial charge in [0, 0.05) is 17.0 Å². The number of ketones is 1. The van der Waals surface area contributed by atoms with Crippen molar-refractivity contribution in [2.45, 2.75) is 13.3 Å². The lowest BCUT2D eigenvalue weighted by atomic mass is 10.1. The fraction of sp³-hybridized carbons (Fsp3) is 0.273. The number of alkyl halides is 1. The van der Waals surface area contributed by atoms with Crippen LogP contribution in [0.2, 0.25) is 5.02 Å². The summed E-state index contributed by atoms with van der Waals surface area (Å²) in [5.74, 6) is -0.250. The Morgan fingerprint density at radius 3 is 2.69 bits per heavy atom. The molecule has 0 unspecified atom stereocenters. The summed E-state index contributed by atoms with van der Waals surface area (Å²) < 4.78 is 0. The molecule has 0 aromatic heterocycles. The van der Waals surface area contributed by atoms with Crippen molar-refractivity contribution >= 4 is 44.9 Å². The van der Waals surface area contributed by atoms with Crippen molar-refractivity contribution in [1.29, 1.82) is 0 Å². The summed E-state index contributed by atoms with van der Waals surface area (Å²) >= 11 is 8.86. The lowest BCUT2D eigenvalue weighted by Gasteiger charge is -2.09. The molecule has 0 radical (unpaired) electrons. The van der Waals surface area contributed by atoms with Gasteiger partial charge in [-0.3, -0.25) is 9.59 Å². The highest BCUT2D eigenvalue weighted by atomic mass is 79.9. The number of rotatable bonds is 4. The van der Waals surface area contributed by atoms with Gasteiger partial charge in [-0.05, 0) is 18.2 Å². The van der Waals surface area contributed by atoms with E-state index in [2.05, 4.69) is 21.2 Å². The van der Waals surface area contributed by atoms with Crippen LogP contribution in [0.3, 0.4) is 0 Å². The van der Waals surface area contributed by atoms with E-state index in [1.165, 1.54) is 0 Å². The fourth-order valence-electron chi connectivity index (χ4n) is 1.23. The van der Waals surface area contributed by atoms with Crippen molar-refractivity contribution in [3.63, 3.8) is 0 Å². The number of carbonyl (C=O) groups excluding carboxylic acids is 2. The van der Waals surface area contributed by atoms with E-state index in [0.29, 0.717) is 22.7 Å². The van der Waals surface area contributed by atoms with E-state index in [9.17, 15) is 9.59 Å². The van der Waals surface area contributed by atoms with Gasteiger partial charge in [0.2, 0.25) is 5.91 Å². The Hall–Kier alpha value is -0.870. The number of halogens is 2. The zero-order valence-electron chi connectivity index (χ0n) is 8.72. The molecule has 0 aliphatic carbocycles. The third-order valence-electron chi connectivity index (χ3n) is 2.00. The Kier molecular flexibility index (Phi) is 4.96. The maximum Gasteiger partial charge on any atom is 0.235 e. The van der Waals surface area contributed by atoms with Crippen LogP contribution < -0.4 is 5.32 Å². The first-order valence-electron chi connectivity index (χ1n) is 4.77. The molecule has 5 heteroatoms. The van der Waals surface area contributed by atoms with Crippen molar-refractivity contribution in [1.82, 2.24) is 0 Å². The molecular weight excluding hydrogens is 293 g/mol. The van der Waals surface area contributed by atoms with Gasteiger partial charge in [0.25, 0.3) is 0 Å². The van der Waals surface area contributed by atoms with Crippen LogP contribution in [0.5, 0.6) is 0 Å². The summed E-state index contributed by atoms with van der Waals surface area (Å²) in [5.41, 5.74) is 0.949. The topological polar surface area (TPSA) is 46.2 Å². The van der Waals surface area contributed by atoms with E-state index in [4.69, 9.17) is 11.6 Å². The Bertz CT molecular complexity index is 420. The van der Waals surface area contributed by atoms with Crippen LogP contribution in [-0.4, -0.2) is 17.0 Å². The van der Waals surface area contributed by atoms with Crippen molar-refractivity contribution in [2.24, 2.45) is 0 Å². The molecule has 0 aliphatic heterocycles. The van der Waals surface area contributed by atoms with Gasteiger partial charge in [-0.2, -0.15) is 0 Å². The van der Waals surface area contributed by atoms with E-state index in [1.807, 2.05) is 0 Å². The van der Waals surface area contributed by atoms with E-state index in [0.717, 1.165) is 0 Å². The highest BCUT2D eigenvalue weighted by Gasteiger charge is 2.12. The van der Waals surface area contributed by atoms with Gasteiger partial charge in [-0.25, -0.2) is 0 Å². The van der Waals surface area contributed by atoms with Gasteiger partial charge in [-0.1, -0.05) is 34.5 Å². The normalized spacial score (nSPS) is 9.94. The maximum atomic E-state index is 11.6. The number of amides is 1. The summed E-state index contributed by atoms with van der Waals surface area (Å²) in [7, 11) is 0. The minimum atomic E-state index is -0.201. The fourth-order valence-corrected chi connectivity index (χ4v) is 1.54. The standard InChI is InChI=1S/C11H11BrClNO2/c1-2-10(15)8-5-7(13)3-4-9(8)14-11(16)6-12/h3-5H,2,6H2,1H3,(H,14,16). The minimum Gasteiger partial charge on any atom is -0.325 e. The van der Waals surface area contributed by atoms with Crippen molar-refractivity contribution in [3.05, 3.63) is 28.8 Å². The molecule has 1 N–H and O–H groups in total. The zero-order valence-corrected chi connectivity index (χ0v) is 11.1. The first kappa shape index (κ1) is 13.2. The van der Waals surface area contributed by atoms with Crippen LogP contribution in [0.15, 0.2) is 18.2 Å². The van der Waals surface area contributed by atoms with Gasteiger partial charge in [0.1, 0.15) is 0 Å². The largest absolute Gasteiger partial charge is 0.325 e. The monoisotopic (exact) mass is 303 g/mol. The third kappa shape index (κ3) is 3.32. The molecule has 1 aromatic carbocycles. The molecule has 0 saturated heterocycles. The van der Waals surface area contributed by atoms with Crippen molar-refractivity contribution in [2.75, 3.05) is 10.6 Å². The molecular formula is C11H11BrClNO2. The molecule has 3 nitrogen and oxygen atoms in total. The van der Waals surface area contributed by atoms with E-state index >= 15 is 0 Å². The van der Waals surface area contributed by atoms with Crippen molar-refractivity contribution in [3.8, 4) is 0 Å². The minimum absolute atomic E-state index is 0.0487. The Labute approximate surface area is 107 Å². The van der Waals surface area contributed by atoms with Crippen LogP contribution in [0, 0.1) is 0 Å². The summed E-state index contributed by atoms with van der Waals surface area (Å²) in [6.45, 7) is 1.76. The molecule has 0 atom stereocenters. The number of hydrogen-bond acceptors (Lipinski definition) is 2. The lowest BCUT2D eigenvalue weighted by Crippen LogP contribution is -2.15. The average molecular weight is 305 g/mol. The van der Waals surface area contributed by atoms with E-state index in [-0.39, 0.29) is 17.0 Å². The van der Waals surface area contributed by atoms with Crippen LogP contribution in [-0.2, 0) is 4.79 Å². The first-order chi connectivity index (χ1) is 7.58. The quantitative estimate of drug-likeness (QED) is 0.685. The maximum absolute atomic E-state index is 11.6. The molecule has 1 amide bonds. The van der Waals surface area contributed by atoms with Crippen LogP contribution in [0.4, 0.5) is 5.69 Å². The van der Waals surface area contributed by atoms with Gasteiger partial charge < -0.3 is 5.32 Å². The number of nitrogens with one attached hydrogen (secondary N) is 1. The lowest BCUT2D eigenvalue weighted by molar-refractivity contribution is -0.113. The Morgan fingerprint density at radius 1 is 1.44 bits per heavy atom. The molecule has 0 saturated carbocycles. The molecule has 16 heavy (non-hydrogen) atoms. The number of carbonyl (C=O) groups is 2. The highest BCUT2D eigenvalue weighted by molar-refractivity contribution is 9.09. The molecule has 0 heterocycles. The molecule has 0 fully saturated rings. The predicted molar refractivity (Wildman–Crippen MR) is 68.5 cm³/mol. The zero-order chi connectivity index (χ0) is 12.1. The number of benzene rings is 1. The molecule has 0 aliphatic rings. The van der Waals surface area contributed by atoms with Crippen LogP contribution in [0.25, 0.3) is 0 Å². The summed E-state index contributed by atoms with van der Waals surface area (Å²) in [4.78, 5) is 22.9. The summed E-state index contributed by atoms with van der Waals surface area (Å²) in [6, 6.07) is 4.83.